The highest BCUT2D eigenvalue weighted by atomic mass is 16.4. The number of carbonyl (C=O) groups is 2. The lowest BCUT2D eigenvalue weighted by atomic mass is 9.88. The fourth-order valence-electron chi connectivity index (χ4n) is 4.39. The maximum Gasteiger partial charge on any atom is 0.303 e. The number of carboxylic acid groups (broad SMARTS) is 1. The van der Waals surface area contributed by atoms with E-state index in [-0.39, 0.29) is 18.2 Å². The lowest BCUT2D eigenvalue weighted by Crippen LogP contribution is -2.27. The van der Waals surface area contributed by atoms with Crippen molar-refractivity contribution in [2.75, 3.05) is 6.54 Å². The molecule has 1 atom stereocenters. The van der Waals surface area contributed by atoms with E-state index < -0.39 is 5.97 Å². The molecule has 0 heterocycles. The van der Waals surface area contributed by atoms with Crippen molar-refractivity contribution in [1.29, 1.82) is 0 Å². The summed E-state index contributed by atoms with van der Waals surface area (Å²) in [5.41, 5.74) is 5.97. The molecule has 3 rings (SSSR count). The van der Waals surface area contributed by atoms with Crippen LogP contribution in [0.5, 0.6) is 0 Å². The molecule has 34 heavy (non-hydrogen) atoms. The largest absolute Gasteiger partial charge is 0.481 e. The SMILES string of the molecule is CCCc1ccccc1CCNC(=O)Cc1ccc(CC(CCC(=O)O)c2ccccc2)cc1. The number of nitrogens with one attached hydrogen (secondary N) is 1. The molecule has 0 aromatic heterocycles. The topological polar surface area (TPSA) is 66.4 Å². The second-order valence-corrected chi connectivity index (χ2v) is 8.86. The molecule has 0 radical (unpaired) electrons. The van der Waals surface area contributed by atoms with Crippen LogP contribution in [0.1, 0.15) is 59.9 Å². The van der Waals surface area contributed by atoms with E-state index in [1.54, 1.807) is 0 Å². The summed E-state index contributed by atoms with van der Waals surface area (Å²) in [6, 6.07) is 26.7. The number of benzene rings is 3. The van der Waals surface area contributed by atoms with Gasteiger partial charge in [-0.2, -0.15) is 0 Å². The zero-order chi connectivity index (χ0) is 24.2. The zero-order valence-corrected chi connectivity index (χ0v) is 20.0. The number of rotatable bonds is 13. The van der Waals surface area contributed by atoms with Gasteiger partial charge in [-0.15, -0.1) is 0 Å². The van der Waals surface area contributed by atoms with Gasteiger partial charge in [-0.3, -0.25) is 9.59 Å². The van der Waals surface area contributed by atoms with Crippen molar-refractivity contribution in [1.82, 2.24) is 5.32 Å². The van der Waals surface area contributed by atoms with Gasteiger partial charge in [0.05, 0.1) is 6.42 Å². The number of amides is 1. The molecule has 4 nitrogen and oxygen atoms in total. The molecule has 0 aliphatic carbocycles. The van der Waals surface area contributed by atoms with Crippen LogP contribution < -0.4 is 5.32 Å². The van der Waals surface area contributed by atoms with Crippen molar-refractivity contribution < 1.29 is 14.7 Å². The Morgan fingerprint density at radius 1 is 0.824 bits per heavy atom. The second kappa shape index (κ2) is 13.3. The summed E-state index contributed by atoms with van der Waals surface area (Å²) in [7, 11) is 0. The van der Waals surface area contributed by atoms with Crippen molar-refractivity contribution in [2.45, 2.75) is 57.8 Å². The van der Waals surface area contributed by atoms with Gasteiger partial charge in [-0.25, -0.2) is 0 Å². The van der Waals surface area contributed by atoms with Crippen molar-refractivity contribution in [3.05, 3.63) is 107 Å². The van der Waals surface area contributed by atoms with Gasteiger partial charge in [-0.05, 0) is 59.4 Å². The van der Waals surface area contributed by atoms with Crippen LogP contribution in [0.4, 0.5) is 0 Å². The molecular weight excluding hydrogens is 422 g/mol. The van der Waals surface area contributed by atoms with Gasteiger partial charge < -0.3 is 10.4 Å². The molecule has 4 heteroatoms. The van der Waals surface area contributed by atoms with Crippen LogP contribution in [0.25, 0.3) is 0 Å². The quantitative estimate of drug-likeness (QED) is 0.344. The van der Waals surface area contributed by atoms with Gasteiger partial charge in [0.15, 0.2) is 0 Å². The van der Waals surface area contributed by atoms with E-state index in [1.165, 1.54) is 11.1 Å². The van der Waals surface area contributed by atoms with Crippen molar-refractivity contribution in [2.24, 2.45) is 0 Å². The molecular formula is C30H35NO3. The fraction of sp³-hybridized carbons (Fsp3) is 0.333. The number of hydrogen-bond donors (Lipinski definition) is 2. The summed E-state index contributed by atoms with van der Waals surface area (Å²) < 4.78 is 0. The normalized spacial score (nSPS) is 11.7. The smallest absolute Gasteiger partial charge is 0.303 e. The first-order chi connectivity index (χ1) is 16.5. The zero-order valence-electron chi connectivity index (χ0n) is 20.0. The highest BCUT2D eigenvalue weighted by molar-refractivity contribution is 5.78. The molecule has 178 valence electrons. The molecule has 3 aromatic carbocycles. The third kappa shape index (κ3) is 8.18. The van der Waals surface area contributed by atoms with Crippen LogP contribution in [0, 0.1) is 0 Å². The minimum absolute atomic E-state index is 0.0318. The maximum absolute atomic E-state index is 12.4. The van der Waals surface area contributed by atoms with E-state index in [4.69, 9.17) is 5.11 Å². The van der Waals surface area contributed by atoms with Crippen LogP contribution in [-0.2, 0) is 35.3 Å². The Labute approximate surface area is 203 Å². The van der Waals surface area contributed by atoms with Gasteiger partial charge >= 0.3 is 5.97 Å². The van der Waals surface area contributed by atoms with Crippen molar-refractivity contribution >= 4 is 11.9 Å². The molecule has 0 aliphatic rings. The molecule has 2 N–H and O–H groups in total. The molecule has 0 bridgehead atoms. The number of carboxylic acids is 1. The van der Waals surface area contributed by atoms with E-state index in [0.717, 1.165) is 42.4 Å². The van der Waals surface area contributed by atoms with Crippen LogP contribution in [-0.4, -0.2) is 23.5 Å². The summed E-state index contributed by atoms with van der Waals surface area (Å²) >= 11 is 0. The number of hydrogen-bond acceptors (Lipinski definition) is 2. The Balaban J connectivity index is 1.51. The molecule has 0 spiro atoms. The average Bonchev–Trinajstić information content (AvgIpc) is 2.84. The Morgan fingerprint density at radius 3 is 2.09 bits per heavy atom. The predicted octanol–water partition coefficient (Wildman–Crippen LogP) is 5.73. The summed E-state index contributed by atoms with van der Waals surface area (Å²) in [4.78, 5) is 23.5. The number of carbonyl (C=O) groups excluding carboxylic acids is 1. The van der Waals surface area contributed by atoms with Crippen LogP contribution in [0.15, 0.2) is 78.9 Å². The Hall–Kier alpha value is -3.40. The van der Waals surface area contributed by atoms with Crippen LogP contribution in [0.3, 0.4) is 0 Å². The van der Waals surface area contributed by atoms with Gasteiger partial charge in [0, 0.05) is 13.0 Å². The first-order valence-electron chi connectivity index (χ1n) is 12.2. The highest BCUT2D eigenvalue weighted by Crippen LogP contribution is 2.26. The van der Waals surface area contributed by atoms with Gasteiger partial charge in [0.25, 0.3) is 0 Å². The third-order valence-electron chi connectivity index (χ3n) is 6.20. The standard InChI is InChI=1S/C30H35NO3/c1-2-8-25-11-6-7-12-27(25)19-20-31-29(32)22-24-15-13-23(14-16-24)21-28(17-18-30(33)34)26-9-4-3-5-10-26/h3-7,9-16,28H,2,8,17-22H2,1H3,(H,31,32)(H,33,34). The maximum atomic E-state index is 12.4. The van der Waals surface area contributed by atoms with Crippen LogP contribution >= 0.6 is 0 Å². The first kappa shape index (κ1) is 25.2. The first-order valence-corrected chi connectivity index (χ1v) is 12.2. The lowest BCUT2D eigenvalue weighted by molar-refractivity contribution is -0.137. The molecule has 3 aromatic rings. The highest BCUT2D eigenvalue weighted by Gasteiger charge is 2.14. The summed E-state index contributed by atoms with van der Waals surface area (Å²) in [6.07, 6.45) is 4.92. The van der Waals surface area contributed by atoms with E-state index in [1.807, 2.05) is 30.3 Å². The van der Waals surface area contributed by atoms with Gasteiger partial charge in [-0.1, -0.05) is 92.2 Å². The minimum atomic E-state index is -0.767. The number of aliphatic carboxylic acids is 1. The van der Waals surface area contributed by atoms with E-state index in [0.29, 0.717) is 19.4 Å². The molecule has 1 unspecified atom stereocenters. The van der Waals surface area contributed by atoms with Gasteiger partial charge in [0.2, 0.25) is 5.91 Å². The average molecular weight is 458 g/mol. The summed E-state index contributed by atoms with van der Waals surface area (Å²) in [6.45, 7) is 2.82. The van der Waals surface area contributed by atoms with Crippen molar-refractivity contribution in [3.63, 3.8) is 0 Å². The Kier molecular flexibility index (Phi) is 9.90. The van der Waals surface area contributed by atoms with Crippen LogP contribution in [0.2, 0.25) is 0 Å². The fourth-order valence-corrected chi connectivity index (χ4v) is 4.39. The molecule has 0 fully saturated rings. The van der Waals surface area contributed by atoms with Gasteiger partial charge in [0.1, 0.15) is 0 Å². The monoisotopic (exact) mass is 457 g/mol. The van der Waals surface area contributed by atoms with E-state index >= 15 is 0 Å². The number of aryl methyl sites for hydroxylation is 1. The second-order valence-electron chi connectivity index (χ2n) is 8.86. The molecule has 0 saturated heterocycles. The third-order valence-corrected chi connectivity index (χ3v) is 6.20. The Bertz CT molecular complexity index is 1040. The predicted molar refractivity (Wildman–Crippen MR) is 137 cm³/mol. The van der Waals surface area contributed by atoms with E-state index in [9.17, 15) is 9.59 Å². The summed E-state index contributed by atoms with van der Waals surface area (Å²) in [5.74, 6) is -0.581. The minimum Gasteiger partial charge on any atom is -0.481 e. The lowest BCUT2D eigenvalue weighted by Gasteiger charge is -2.17. The summed E-state index contributed by atoms with van der Waals surface area (Å²) in [5, 5.41) is 12.2. The molecule has 0 saturated carbocycles. The van der Waals surface area contributed by atoms with Crippen molar-refractivity contribution in [3.8, 4) is 0 Å². The Morgan fingerprint density at radius 2 is 1.44 bits per heavy atom. The molecule has 0 aliphatic heterocycles. The molecule has 1 amide bonds. The van der Waals surface area contributed by atoms with E-state index in [2.05, 4.69) is 60.8 Å².